The van der Waals surface area contributed by atoms with E-state index in [4.69, 9.17) is 9.47 Å². The zero-order valence-corrected chi connectivity index (χ0v) is 19.2. The van der Waals surface area contributed by atoms with Crippen LogP contribution >= 0.6 is 0 Å². The number of rotatable bonds is 10. The minimum atomic E-state index is -0.301. The van der Waals surface area contributed by atoms with Crippen molar-refractivity contribution in [2.75, 3.05) is 20.3 Å². The average Bonchev–Trinajstić information content (AvgIpc) is 3.22. The highest BCUT2D eigenvalue weighted by Crippen LogP contribution is 2.25. The summed E-state index contributed by atoms with van der Waals surface area (Å²) in [6, 6.07) is 28.8. The fraction of sp³-hybridized carbons (Fsp3) is 0.250. The maximum absolute atomic E-state index is 12.7. The van der Waals surface area contributed by atoms with Gasteiger partial charge in [-0.15, -0.1) is 0 Å². The Balaban J connectivity index is 1.62. The largest absolute Gasteiger partial charge is 0.497 e. The van der Waals surface area contributed by atoms with E-state index in [1.54, 1.807) is 7.11 Å². The van der Waals surface area contributed by atoms with E-state index in [9.17, 15) is 4.79 Å². The van der Waals surface area contributed by atoms with Crippen molar-refractivity contribution in [2.45, 2.75) is 26.6 Å². The zero-order valence-electron chi connectivity index (χ0n) is 19.2. The van der Waals surface area contributed by atoms with E-state index in [-0.39, 0.29) is 5.97 Å². The monoisotopic (exact) mass is 442 g/mol. The third-order valence-electron chi connectivity index (χ3n) is 5.73. The van der Waals surface area contributed by atoms with Crippen molar-refractivity contribution < 1.29 is 14.3 Å². The summed E-state index contributed by atoms with van der Waals surface area (Å²) in [4.78, 5) is 15.1. The maximum atomic E-state index is 12.7. The smallest absolute Gasteiger partial charge is 0.354 e. The van der Waals surface area contributed by atoms with Crippen molar-refractivity contribution in [1.29, 1.82) is 0 Å². The van der Waals surface area contributed by atoms with Crippen LogP contribution in [0.3, 0.4) is 0 Å². The first-order valence-corrected chi connectivity index (χ1v) is 11.3. The predicted molar refractivity (Wildman–Crippen MR) is 131 cm³/mol. The molecule has 0 saturated heterocycles. The van der Waals surface area contributed by atoms with Gasteiger partial charge in [-0.25, -0.2) is 4.79 Å². The molecule has 0 unspecified atom stereocenters. The molecular formula is C28H30N2O3. The van der Waals surface area contributed by atoms with Gasteiger partial charge in [0.1, 0.15) is 11.4 Å². The molecule has 4 rings (SSSR count). The molecule has 0 spiro atoms. The molecule has 33 heavy (non-hydrogen) atoms. The van der Waals surface area contributed by atoms with Gasteiger partial charge in [-0.1, -0.05) is 60.7 Å². The second-order valence-electron chi connectivity index (χ2n) is 8.01. The minimum absolute atomic E-state index is 0.301. The molecule has 0 radical (unpaired) electrons. The SMILES string of the molecule is CCOC(=O)c1cc2cc(OC)ccc2n1CCN(Cc1ccccc1)Cc1ccccc1. The van der Waals surface area contributed by atoms with E-state index in [1.165, 1.54) is 11.1 Å². The highest BCUT2D eigenvalue weighted by Gasteiger charge is 2.18. The Kier molecular flexibility index (Phi) is 7.43. The Bertz CT molecular complexity index is 1140. The van der Waals surface area contributed by atoms with Gasteiger partial charge >= 0.3 is 5.97 Å². The number of benzene rings is 3. The lowest BCUT2D eigenvalue weighted by Crippen LogP contribution is -2.28. The topological polar surface area (TPSA) is 43.7 Å². The molecule has 3 aromatic carbocycles. The number of carbonyl (C=O) groups is 1. The molecule has 4 aromatic rings. The maximum Gasteiger partial charge on any atom is 0.354 e. The number of carbonyl (C=O) groups excluding carboxylic acids is 1. The lowest BCUT2D eigenvalue weighted by atomic mass is 10.1. The molecule has 1 aromatic heterocycles. The van der Waals surface area contributed by atoms with E-state index < -0.39 is 0 Å². The van der Waals surface area contributed by atoms with Crippen molar-refractivity contribution in [3.8, 4) is 5.75 Å². The number of fused-ring (bicyclic) bond motifs is 1. The Morgan fingerprint density at radius 2 is 1.52 bits per heavy atom. The molecule has 0 amide bonds. The Morgan fingerprint density at radius 3 is 2.09 bits per heavy atom. The van der Waals surface area contributed by atoms with Crippen LogP contribution in [0.15, 0.2) is 84.9 Å². The first-order valence-electron chi connectivity index (χ1n) is 11.3. The minimum Gasteiger partial charge on any atom is -0.497 e. The van der Waals surface area contributed by atoms with Gasteiger partial charge in [0.15, 0.2) is 0 Å². The normalized spacial score (nSPS) is 11.1. The summed E-state index contributed by atoms with van der Waals surface area (Å²) >= 11 is 0. The van der Waals surface area contributed by atoms with Gasteiger partial charge < -0.3 is 14.0 Å². The van der Waals surface area contributed by atoms with E-state index in [0.29, 0.717) is 18.8 Å². The van der Waals surface area contributed by atoms with Gasteiger partial charge in [0.25, 0.3) is 0 Å². The summed E-state index contributed by atoms with van der Waals surface area (Å²) in [5, 5.41) is 0.968. The van der Waals surface area contributed by atoms with E-state index in [2.05, 4.69) is 58.0 Å². The summed E-state index contributed by atoms with van der Waals surface area (Å²) in [5.41, 5.74) is 4.10. The van der Waals surface area contributed by atoms with E-state index in [1.807, 2.05) is 43.3 Å². The molecule has 0 aliphatic heterocycles. The molecule has 5 nitrogen and oxygen atoms in total. The van der Waals surface area contributed by atoms with Crippen molar-refractivity contribution >= 4 is 16.9 Å². The van der Waals surface area contributed by atoms with E-state index in [0.717, 1.165) is 36.3 Å². The first-order chi connectivity index (χ1) is 16.2. The van der Waals surface area contributed by atoms with Gasteiger partial charge in [0.2, 0.25) is 0 Å². The second kappa shape index (κ2) is 10.8. The number of ether oxygens (including phenoxy) is 2. The van der Waals surface area contributed by atoms with Crippen LogP contribution in [-0.4, -0.2) is 35.7 Å². The summed E-state index contributed by atoms with van der Waals surface area (Å²) in [5.74, 6) is 0.468. The molecule has 0 saturated carbocycles. The third kappa shape index (κ3) is 5.62. The Hall–Kier alpha value is -3.57. The van der Waals surface area contributed by atoms with Gasteiger partial charge in [-0.3, -0.25) is 4.90 Å². The number of esters is 1. The summed E-state index contributed by atoms with van der Waals surface area (Å²) < 4.78 is 12.8. The molecule has 0 N–H and O–H groups in total. The molecule has 0 fully saturated rings. The molecular weight excluding hydrogens is 412 g/mol. The fourth-order valence-electron chi connectivity index (χ4n) is 4.13. The van der Waals surface area contributed by atoms with Crippen LogP contribution in [0.2, 0.25) is 0 Å². The van der Waals surface area contributed by atoms with Crippen LogP contribution in [0.1, 0.15) is 28.5 Å². The highest BCUT2D eigenvalue weighted by molar-refractivity contribution is 5.96. The Morgan fingerprint density at radius 1 is 0.879 bits per heavy atom. The summed E-state index contributed by atoms with van der Waals surface area (Å²) in [6.45, 7) is 5.29. The van der Waals surface area contributed by atoms with Crippen LogP contribution in [0.4, 0.5) is 0 Å². The van der Waals surface area contributed by atoms with Gasteiger partial charge in [-0.05, 0) is 42.3 Å². The standard InChI is InChI=1S/C28H30N2O3/c1-3-33-28(31)27-19-24-18-25(32-2)14-15-26(24)30(27)17-16-29(20-22-10-6-4-7-11-22)21-23-12-8-5-9-13-23/h4-15,18-19H,3,16-17,20-21H2,1-2H3. The zero-order chi connectivity index (χ0) is 23.0. The number of nitrogens with zero attached hydrogens (tertiary/aromatic N) is 2. The molecule has 5 heteroatoms. The lowest BCUT2D eigenvalue weighted by molar-refractivity contribution is 0.0513. The molecule has 0 bridgehead atoms. The molecule has 1 heterocycles. The van der Waals surface area contributed by atoms with Crippen LogP contribution in [-0.2, 0) is 24.4 Å². The predicted octanol–water partition coefficient (Wildman–Crippen LogP) is 5.53. The summed E-state index contributed by atoms with van der Waals surface area (Å²) in [6.07, 6.45) is 0. The number of aromatic nitrogens is 1. The van der Waals surface area contributed by atoms with Crippen molar-refractivity contribution in [3.05, 3.63) is 102 Å². The van der Waals surface area contributed by atoms with Crippen LogP contribution in [0.25, 0.3) is 10.9 Å². The average molecular weight is 443 g/mol. The molecule has 0 aliphatic carbocycles. The van der Waals surface area contributed by atoms with Crippen molar-refractivity contribution in [1.82, 2.24) is 9.47 Å². The van der Waals surface area contributed by atoms with Crippen LogP contribution in [0.5, 0.6) is 5.75 Å². The highest BCUT2D eigenvalue weighted by atomic mass is 16.5. The quantitative estimate of drug-likeness (QED) is 0.303. The van der Waals surface area contributed by atoms with Gasteiger partial charge in [0.05, 0.1) is 13.7 Å². The number of hydrogen-bond acceptors (Lipinski definition) is 4. The molecule has 0 aliphatic rings. The third-order valence-corrected chi connectivity index (χ3v) is 5.73. The van der Waals surface area contributed by atoms with Crippen LogP contribution < -0.4 is 4.74 Å². The Labute approximate surface area is 195 Å². The van der Waals surface area contributed by atoms with E-state index >= 15 is 0 Å². The first kappa shape index (κ1) is 22.6. The van der Waals surface area contributed by atoms with Crippen molar-refractivity contribution in [2.24, 2.45) is 0 Å². The number of hydrogen-bond donors (Lipinski definition) is 0. The van der Waals surface area contributed by atoms with Crippen molar-refractivity contribution in [3.63, 3.8) is 0 Å². The van der Waals surface area contributed by atoms with Crippen LogP contribution in [0, 0.1) is 0 Å². The second-order valence-corrected chi connectivity index (χ2v) is 8.01. The van der Waals surface area contributed by atoms with Gasteiger partial charge in [-0.2, -0.15) is 0 Å². The fourth-order valence-corrected chi connectivity index (χ4v) is 4.13. The lowest BCUT2D eigenvalue weighted by Gasteiger charge is -2.24. The molecule has 170 valence electrons. The summed E-state index contributed by atoms with van der Waals surface area (Å²) in [7, 11) is 1.65. The molecule has 0 atom stereocenters. The number of methoxy groups -OCH3 is 1. The van der Waals surface area contributed by atoms with Gasteiger partial charge in [0, 0.05) is 37.1 Å².